The first-order valence-corrected chi connectivity index (χ1v) is 3.82. The van der Waals surface area contributed by atoms with Gasteiger partial charge in [0.15, 0.2) is 0 Å². The maximum atomic E-state index is 10.6. The van der Waals surface area contributed by atoms with E-state index in [4.69, 9.17) is 10.8 Å². The molecule has 0 aliphatic heterocycles. The zero-order chi connectivity index (χ0) is 9.56. The van der Waals surface area contributed by atoms with Crippen LogP contribution in [0.2, 0.25) is 0 Å². The summed E-state index contributed by atoms with van der Waals surface area (Å²) in [6.45, 7) is 2.08. The largest absolute Gasteiger partial charge is 0.481 e. The highest BCUT2D eigenvalue weighted by Gasteiger charge is 2.11. The lowest BCUT2D eigenvalue weighted by Crippen LogP contribution is -2.41. The fourth-order valence-corrected chi connectivity index (χ4v) is 0.799. The van der Waals surface area contributed by atoms with Crippen molar-refractivity contribution in [3.63, 3.8) is 0 Å². The number of nitrogens with two attached hydrogens (primary N) is 1. The summed E-state index contributed by atoms with van der Waals surface area (Å²) in [6, 6.07) is -0.413. The summed E-state index contributed by atoms with van der Waals surface area (Å²) in [5.74, 6) is -1.33. The van der Waals surface area contributed by atoms with Crippen LogP contribution in [0, 0.1) is 0 Å². The zero-order valence-corrected chi connectivity index (χ0v) is 7.04. The molecule has 0 spiro atoms. The number of carboxylic acid groups (broad SMARTS) is 1. The molecule has 4 N–H and O–H groups in total. The van der Waals surface area contributed by atoms with E-state index in [0.29, 0.717) is 6.42 Å². The second kappa shape index (κ2) is 5.54. The van der Waals surface area contributed by atoms with Crippen LogP contribution in [0.15, 0.2) is 0 Å². The Morgan fingerprint density at radius 2 is 2.17 bits per heavy atom. The predicted octanol–water partition coefficient (Wildman–Crippen LogP) is -0.685. The zero-order valence-electron chi connectivity index (χ0n) is 7.04. The fraction of sp³-hybridized carbons (Fsp3) is 0.714. The molecule has 0 bridgehead atoms. The smallest absolute Gasteiger partial charge is 0.304 e. The van der Waals surface area contributed by atoms with Gasteiger partial charge in [-0.25, -0.2) is 0 Å². The highest BCUT2D eigenvalue weighted by Crippen LogP contribution is 1.89. The van der Waals surface area contributed by atoms with E-state index >= 15 is 0 Å². The van der Waals surface area contributed by atoms with Gasteiger partial charge in [0, 0.05) is 6.54 Å². The number of aliphatic carboxylic acids is 1. The maximum Gasteiger partial charge on any atom is 0.304 e. The molecule has 0 aromatic rings. The lowest BCUT2D eigenvalue weighted by Gasteiger charge is -2.11. The van der Waals surface area contributed by atoms with E-state index in [1.165, 1.54) is 0 Å². The Bertz CT molecular complexity index is 170. The molecule has 0 saturated carbocycles. The van der Waals surface area contributed by atoms with Crippen molar-refractivity contribution in [2.45, 2.75) is 25.8 Å². The van der Waals surface area contributed by atoms with E-state index in [1.54, 1.807) is 0 Å². The van der Waals surface area contributed by atoms with Crippen LogP contribution in [-0.4, -0.2) is 29.6 Å². The second-order valence-corrected chi connectivity index (χ2v) is 2.46. The van der Waals surface area contributed by atoms with E-state index in [-0.39, 0.29) is 13.0 Å². The van der Waals surface area contributed by atoms with Gasteiger partial charge in [-0.15, -0.1) is 0 Å². The summed E-state index contributed by atoms with van der Waals surface area (Å²) in [4.78, 5) is 20.7. The number of primary amides is 1. The number of carbonyl (C=O) groups is 2. The van der Waals surface area contributed by atoms with E-state index in [9.17, 15) is 9.59 Å². The number of hydrogen-bond donors (Lipinski definition) is 3. The van der Waals surface area contributed by atoms with Crippen molar-refractivity contribution >= 4 is 11.9 Å². The van der Waals surface area contributed by atoms with Crippen molar-refractivity contribution in [2.75, 3.05) is 6.54 Å². The predicted molar refractivity (Wildman–Crippen MR) is 43.5 cm³/mol. The molecule has 0 aliphatic carbocycles. The van der Waals surface area contributed by atoms with Gasteiger partial charge in [0.05, 0.1) is 12.5 Å². The molecule has 0 rings (SSSR count). The Labute approximate surface area is 70.9 Å². The minimum absolute atomic E-state index is 0.00375. The number of amides is 1. The molecule has 1 unspecified atom stereocenters. The summed E-state index contributed by atoms with van der Waals surface area (Å²) < 4.78 is 0. The molecule has 1 atom stereocenters. The first kappa shape index (κ1) is 10.9. The second-order valence-electron chi connectivity index (χ2n) is 2.46. The van der Waals surface area contributed by atoms with Crippen LogP contribution < -0.4 is 11.1 Å². The van der Waals surface area contributed by atoms with Crippen LogP contribution in [0.25, 0.3) is 0 Å². The van der Waals surface area contributed by atoms with Gasteiger partial charge in [0.25, 0.3) is 0 Å². The molecule has 0 aromatic heterocycles. The van der Waals surface area contributed by atoms with E-state index in [2.05, 4.69) is 5.32 Å². The molecule has 5 nitrogen and oxygen atoms in total. The Balaban J connectivity index is 3.59. The van der Waals surface area contributed by atoms with Gasteiger partial charge in [0.1, 0.15) is 0 Å². The number of carboxylic acids is 1. The maximum absolute atomic E-state index is 10.6. The quantitative estimate of drug-likeness (QED) is 0.497. The minimum Gasteiger partial charge on any atom is -0.481 e. The first-order valence-electron chi connectivity index (χ1n) is 3.82. The van der Waals surface area contributed by atoms with Crippen molar-refractivity contribution < 1.29 is 14.7 Å². The summed E-state index contributed by atoms with van der Waals surface area (Å²) >= 11 is 0. The molecule has 0 saturated heterocycles. The monoisotopic (exact) mass is 174 g/mol. The van der Waals surface area contributed by atoms with Crippen LogP contribution in [0.5, 0.6) is 0 Å². The first-order chi connectivity index (χ1) is 5.57. The van der Waals surface area contributed by atoms with Crippen LogP contribution >= 0.6 is 0 Å². The normalized spacial score (nSPS) is 12.4. The van der Waals surface area contributed by atoms with Gasteiger partial charge >= 0.3 is 5.97 Å². The van der Waals surface area contributed by atoms with Crippen molar-refractivity contribution in [1.29, 1.82) is 0 Å². The van der Waals surface area contributed by atoms with Crippen molar-refractivity contribution in [3.8, 4) is 0 Å². The third kappa shape index (κ3) is 4.68. The lowest BCUT2D eigenvalue weighted by atomic mass is 10.2. The lowest BCUT2D eigenvalue weighted by molar-refractivity contribution is -0.137. The van der Waals surface area contributed by atoms with E-state index in [0.717, 1.165) is 0 Å². The standard InChI is InChI=1S/C7H14N2O3/c1-2-5(7(8)12)9-4-3-6(10)11/h5,9H,2-4H2,1H3,(H2,8,12)(H,10,11). The molecular weight excluding hydrogens is 160 g/mol. The molecule has 0 heterocycles. The molecule has 0 radical (unpaired) electrons. The highest BCUT2D eigenvalue weighted by atomic mass is 16.4. The molecule has 1 amide bonds. The Kier molecular flexibility index (Phi) is 5.03. The number of rotatable bonds is 6. The van der Waals surface area contributed by atoms with Crippen molar-refractivity contribution in [2.24, 2.45) is 5.73 Å². The summed E-state index contributed by atoms with van der Waals surface area (Å²) in [7, 11) is 0. The average Bonchev–Trinajstić information content (AvgIpc) is 1.96. The third-order valence-corrected chi connectivity index (χ3v) is 1.48. The number of hydrogen-bond acceptors (Lipinski definition) is 3. The Morgan fingerprint density at radius 1 is 1.58 bits per heavy atom. The topological polar surface area (TPSA) is 92.4 Å². The van der Waals surface area contributed by atoms with Gasteiger partial charge < -0.3 is 16.2 Å². The van der Waals surface area contributed by atoms with Gasteiger partial charge in [-0.3, -0.25) is 9.59 Å². The summed E-state index contributed by atoms with van der Waals surface area (Å²) in [5, 5.41) is 11.0. The van der Waals surface area contributed by atoms with Crippen LogP contribution in [0.1, 0.15) is 19.8 Å². The van der Waals surface area contributed by atoms with E-state index < -0.39 is 17.9 Å². The van der Waals surface area contributed by atoms with Crippen molar-refractivity contribution in [3.05, 3.63) is 0 Å². The van der Waals surface area contributed by atoms with Crippen LogP contribution in [0.3, 0.4) is 0 Å². The fourth-order valence-electron chi connectivity index (χ4n) is 0.799. The average molecular weight is 174 g/mol. The number of carbonyl (C=O) groups excluding carboxylic acids is 1. The molecule has 0 aliphatic rings. The van der Waals surface area contributed by atoms with Crippen LogP contribution in [0.4, 0.5) is 0 Å². The Morgan fingerprint density at radius 3 is 2.50 bits per heavy atom. The molecule has 70 valence electrons. The SMILES string of the molecule is CCC(NCCC(=O)O)C(N)=O. The van der Waals surface area contributed by atoms with Crippen molar-refractivity contribution in [1.82, 2.24) is 5.32 Å². The molecule has 12 heavy (non-hydrogen) atoms. The van der Waals surface area contributed by atoms with Gasteiger partial charge in [-0.2, -0.15) is 0 Å². The Hall–Kier alpha value is -1.10. The van der Waals surface area contributed by atoms with Gasteiger partial charge in [-0.05, 0) is 6.42 Å². The minimum atomic E-state index is -0.887. The summed E-state index contributed by atoms with van der Waals surface area (Å²) in [6.07, 6.45) is 0.582. The van der Waals surface area contributed by atoms with Gasteiger partial charge in [-0.1, -0.05) is 6.92 Å². The van der Waals surface area contributed by atoms with Gasteiger partial charge in [0.2, 0.25) is 5.91 Å². The third-order valence-electron chi connectivity index (χ3n) is 1.48. The molecule has 0 aromatic carbocycles. The number of nitrogens with one attached hydrogen (secondary N) is 1. The van der Waals surface area contributed by atoms with E-state index in [1.807, 2.05) is 6.92 Å². The van der Waals surface area contributed by atoms with Crippen LogP contribution in [-0.2, 0) is 9.59 Å². The molecule has 0 fully saturated rings. The molecule has 5 heteroatoms. The highest BCUT2D eigenvalue weighted by molar-refractivity contribution is 5.79. The summed E-state index contributed by atoms with van der Waals surface area (Å²) in [5.41, 5.74) is 5.02. The molecular formula is C7H14N2O3.